The molecule has 1 aromatic heterocycles. The highest BCUT2D eigenvalue weighted by Gasteiger charge is 2.23. The van der Waals surface area contributed by atoms with Crippen LogP contribution in [0.3, 0.4) is 0 Å². The first-order valence-electron chi connectivity index (χ1n) is 13.6. The number of piperidine rings is 1. The van der Waals surface area contributed by atoms with E-state index in [1.807, 2.05) is 54.6 Å². The SMILES string of the molecule is COc1ccc(-c2cc(CN3CCC(Oc4cccc(C(=O)NCCC5CCCN5C)c4)CC3)no2)cc1. The van der Waals surface area contributed by atoms with Crippen LogP contribution in [0.2, 0.25) is 0 Å². The highest BCUT2D eigenvalue weighted by molar-refractivity contribution is 5.94. The van der Waals surface area contributed by atoms with Crippen molar-refractivity contribution in [3.05, 3.63) is 65.9 Å². The summed E-state index contributed by atoms with van der Waals surface area (Å²) in [7, 11) is 3.82. The summed E-state index contributed by atoms with van der Waals surface area (Å²) >= 11 is 0. The Morgan fingerprint density at radius 1 is 1.05 bits per heavy atom. The lowest BCUT2D eigenvalue weighted by molar-refractivity contribution is 0.0929. The van der Waals surface area contributed by atoms with E-state index in [0.717, 1.165) is 74.0 Å². The van der Waals surface area contributed by atoms with Gasteiger partial charge in [-0.2, -0.15) is 0 Å². The van der Waals surface area contributed by atoms with Crippen LogP contribution in [0.15, 0.2) is 59.1 Å². The second kappa shape index (κ2) is 12.5. The second-order valence-electron chi connectivity index (χ2n) is 10.4. The molecule has 1 atom stereocenters. The van der Waals surface area contributed by atoms with Crippen molar-refractivity contribution < 1.29 is 18.8 Å². The van der Waals surface area contributed by atoms with Crippen molar-refractivity contribution in [3.8, 4) is 22.8 Å². The molecule has 1 unspecified atom stereocenters. The van der Waals surface area contributed by atoms with Gasteiger partial charge in [0.15, 0.2) is 5.76 Å². The normalized spacial score (nSPS) is 18.9. The minimum absolute atomic E-state index is 0.0347. The second-order valence-corrected chi connectivity index (χ2v) is 10.4. The number of nitrogens with one attached hydrogen (secondary N) is 1. The van der Waals surface area contributed by atoms with Crippen LogP contribution in [0.25, 0.3) is 11.3 Å². The molecule has 3 heterocycles. The van der Waals surface area contributed by atoms with Crippen LogP contribution < -0.4 is 14.8 Å². The Labute approximate surface area is 224 Å². The van der Waals surface area contributed by atoms with Crippen molar-refractivity contribution in [2.75, 3.05) is 40.3 Å². The first-order chi connectivity index (χ1) is 18.6. The summed E-state index contributed by atoms with van der Waals surface area (Å²) in [5, 5.41) is 7.35. The molecule has 2 aliphatic rings. The largest absolute Gasteiger partial charge is 0.497 e. The van der Waals surface area contributed by atoms with Gasteiger partial charge in [-0.25, -0.2) is 0 Å². The first-order valence-corrected chi connectivity index (χ1v) is 13.6. The lowest BCUT2D eigenvalue weighted by Crippen LogP contribution is -2.37. The number of ether oxygens (including phenoxy) is 2. The first kappa shape index (κ1) is 26.3. The standard InChI is InChI=1S/C30H38N4O4/c1-33-16-4-6-25(33)12-15-31-30(35)23-5-3-7-28(19-23)37-27-13-17-34(18-14-27)21-24-20-29(38-32-24)22-8-10-26(36-2)11-9-22/h3,5,7-11,19-20,25,27H,4,6,12-18,21H2,1-2H3,(H,31,35). The lowest BCUT2D eigenvalue weighted by Gasteiger charge is -2.31. The fourth-order valence-electron chi connectivity index (χ4n) is 5.39. The number of hydrogen-bond acceptors (Lipinski definition) is 7. The van der Waals surface area contributed by atoms with E-state index in [9.17, 15) is 4.79 Å². The number of carbonyl (C=O) groups is 1. The predicted molar refractivity (Wildman–Crippen MR) is 146 cm³/mol. The maximum atomic E-state index is 12.7. The minimum Gasteiger partial charge on any atom is -0.497 e. The zero-order valence-electron chi connectivity index (χ0n) is 22.4. The van der Waals surface area contributed by atoms with E-state index in [2.05, 4.69) is 27.3 Å². The quantitative estimate of drug-likeness (QED) is 0.420. The van der Waals surface area contributed by atoms with Gasteiger partial charge in [-0.15, -0.1) is 0 Å². The highest BCUT2D eigenvalue weighted by Crippen LogP contribution is 2.25. The van der Waals surface area contributed by atoms with Crippen molar-refractivity contribution in [2.45, 2.75) is 50.8 Å². The molecule has 0 bridgehead atoms. The van der Waals surface area contributed by atoms with Crippen LogP contribution in [0.4, 0.5) is 0 Å². The molecular formula is C30H38N4O4. The van der Waals surface area contributed by atoms with Gasteiger partial charge in [0, 0.05) is 49.4 Å². The van der Waals surface area contributed by atoms with Crippen LogP contribution in [0, 0.1) is 0 Å². The number of benzene rings is 2. The third-order valence-corrected chi connectivity index (χ3v) is 7.69. The molecule has 0 spiro atoms. The number of likely N-dealkylation sites (tertiary alicyclic amines) is 2. The van der Waals surface area contributed by atoms with Gasteiger partial charge in [-0.1, -0.05) is 11.2 Å². The smallest absolute Gasteiger partial charge is 0.251 e. The number of carbonyl (C=O) groups excluding carboxylic acids is 1. The van der Waals surface area contributed by atoms with E-state index in [1.165, 1.54) is 12.8 Å². The van der Waals surface area contributed by atoms with Gasteiger partial charge >= 0.3 is 0 Å². The summed E-state index contributed by atoms with van der Waals surface area (Å²) in [5.41, 5.74) is 2.56. The Balaban J connectivity index is 1.06. The molecule has 1 N–H and O–H groups in total. The van der Waals surface area contributed by atoms with E-state index >= 15 is 0 Å². The zero-order valence-corrected chi connectivity index (χ0v) is 22.4. The number of methoxy groups -OCH3 is 1. The molecule has 2 aromatic carbocycles. The summed E-state index contributed by atoms with van der Waals surface area (Å²) in [6.07, 6.45) is 5.45. The van der Waals surface area contributed by atoms with Crippen LogP contribution >= 0.6 is 0 Å². The Morgan fingerprint density at radius 2 is 1.87 bits per heavy atom. The molecule has 2 saturated heterocycles. The zero-order chi connectivity index (χ0) is 26.3. The summed E-state index contributed by atoms with van der Waals surface area (Å²) in [5.74, 6) is 2.30. The van der Waals surface area contributed by atoms with Crippen molar-refractivity contribution in [3.63, 3.8) is 0 Å². The number of rotatable bonds is 10. The minimum atomic E-state index is -0.0347. The molecular weight excluding hydrogens is 480 g/mol. The molecule has 202 valence electrons. The van der Waals surface area contributed by atoms with Crippen LogP contribution in [0.5, 0.6) is 11.5 Å². The Bertz CT molecular complexity index is 1190. The summed E-state index contributed by atoms with van der Waals surface area (Å²) < 4.78 is 17.1. The molecule has 2 fully saturated rings. The van der Waals surface area contributed by atoms with Gasteiger partial charge in [0.25, 0.3) is 5.91 Å². The molecule has 0 aliphatic carbocycles. The third-order valence-electron chi connectivity index (χ3n) is 7.69. The lowest BCUT2D eigenvalue weighted by atomic mass is 10.1. The van der Waals surface area contributed by atoms with E-state index in [-0.39, 0.29) is 12.0 Å². The fourth-order valence-corrected chi connectivity index (χ4v) is 5.39. The molecule has 8 nitrogen and oxygen atoms in total. The number of aromatic nitrogens is 1. The monoisotopic (exact) mass is 518 g/mol. The summed E-state index contributed by atoms with van der Waals surface area (Å²) in [6, 6.07) is 17.9. The van der Waals surface area contributed by atoms with E-state index in [1.54, 1.807) is 7.11 Å². The molecule has 5 rings (SSSR count). The average Bonchev–Trinajstić information content (AvgIpc) is 3.59. The molecule has 8 heteroatoms. The highest BCUT2D eigenvalue weighted by atomic mass is 16.5. The van der Waals surface area contributed by atoms with E-state index < -0.39 is 0 Å². The molecule has 3 aromatic rings. The van der Waals surface area contributed by atoms with Crippen molar-refractivity contribution in [1.29, 1.82) is 0 Å². The summed E-state index contributed by atoms with van der Waals surface area (Å²) in [6.45, 7) is 4.45. The molecule has 38 heavy (non-hydrogen) atoms. The van der Waals surface area contributed by atoms with Gasteiger partial charge in [-0.05, 0) is 88.2 Å². The van der Waals surface area contributed by atoms with Gasteiger partial charge in [-0.3, -0.25) is 9.69 Å². The van der Waals surface area contributed by atoms with Gasteiger partial charge in [0.2, 0.25) is 0 Å². The van der Waals surface area contributed by atoms with E-state index in [4.69, 9.17) is 14.0 Å². The number of amides is 1. The molecule has 0 saturated carbocycles. The molecule has 1 amide bonds. The predicted octanol–water partition coefficient (Wildman–Crippen LogP) is 4.61. The van der Waals surface area contributed by atoms with Gasteiger partial charge in [0.05, 0.1) is 12.8 Å². The fraction of sp³-hybridized carbons (Fsp3) is 0.467. The topological polar surface area (TPSA) is 80.1 Å². The van der Waals surface area contributed by atoms with Gasteiger partial charge in [0.1, 0.15) is 17.6 Å². The van der Waals surface area contributed by atoms with Gasteiger partial charge < -0.3 is 24.2 Å². The maximum absolute atomic E-state index is 12.7. The van der Waals surface area contributed by atoms with Crippen LogP contribution in [0.1, 0.15) is 48.2 Å². The Kier molecular flexibility index (Phi) is 8.61. The van der Waals surface area contributed by atoms with Crippen molar-refractivity contribution in [2.24, 2.45) is 0 Å². The molecule has 0 radical (unpaired) electrons. The summed E-state index contributed by atoms with van der Waals surface area (Å²) in [4.78, 5) is 17.4. The van der Waals surface area contributed by atoms with E-state index in [0.29, 0.717) is 18.2 Å². The number of nitrogens with zero attached hydrogens (tertiary/aromatic N) is 3. The Hall–Kier alpha value is -3.36. The average molecular weight is 519 g/mol. The van der Waals surface area contributed by atoms with Crippen molar-refractivity contribution in [1.82, 2.24) is 20.3 Å². The third kappa shape index (κ3) is 6.74. The maximum Gasteiger partial charge on any atom is 0.251 e. The Morgan fingerprint density at radius 3 is 2.61 bits per heavy atom. The van der Waals surface area contributed by atoms with Crippen molar-refractivity contribution >= 4 is 5.91 Å². The van der Waals surface area contributed by atoms with Crippen LogP contribution in [-0.4, -0.2) is 73.3 Å². The molecule has 2 aliphatic heterocycles. The number of hydrogen-bond donors (Lipinski definition) is 1. The van der Waals surface area contributed by atoms with Crippen LogP contribution in [-0.2, 0) is 6.54 Å².